The van der Waals surface area contributed by atoms with Crippen LogP contribution in [0.4, 0.5) is 0 Å². The Kier molecular flexibility index (Phi) is 2.88. The molecule has 3 rings (SSSR count). The zero-order valence-electron chi connectivity index (χ0n) is 9.69. The van der Waals surface area contributed by atoms with E-state index in [1.165, 1.54) is 18.5 Å². The summed E-state index contributed by atoms with van der Waals surface area (Å²) in [5.41, 5.74) is 3.14. The Bertz CT molecular complexity index is 472. The first-order chi connectivity index (χ1) is 8.43. The molecule has 17 heavy (non-hydrogen) atoms. The molecule has 2 aromatic heterocycles. The van der Waals surface area contributed by atoms with Gasteiger partial charge in [-0.1, -0.05) is 6.07 Å². The van der Waals surface area contributed by atoms with Crippen LogP contribution < -0.4 is 5.32 Å². The van der Waals surface area contributed by atoms with Gasteiger partial charge in [-0.05, 0) is 37.6 Å². The molecular formula is C13H16N4. The first kappa shape index (κ1) is 10.5. The molecule has 88 valence electrons. The van der Waals surface area contributed by atoms with Crippen molar-refractivity contribution in [2.45, 2.75) is 18.8 Å². The maximum absolute atomic E-state index is 4.73. The van der Waals surface area contributed by atoms with Crippen molar-refractivity contribution < 1.29 is 0 Å². The second-order valence-electron chi connectivity index (χ2n) is 4.46. The molecule has 1 fully saturated rings. The Morgan fingerprint density at radius 3 is 3.00 bits per heavy atom. The number of rotatable bonds is 2. The van der Waals surface area contributed by atoms with Crippen molar-refractivity contribution in [1.82, 2.24) is 20.5 Å². The number of H-pyrrole nitrogens is 1. The van der Waals surface area contributed by atoms with Gasteiger partial charge >= 0.3 is 0 Å². The van der Waals surface area contributed by atoms with Crippen LogP contribution in [0.25, 0.3) is 11.4 Å². The van der Waals surface area contributed by atoms with E-state index >= 15 is 0 Å². The average molecular weight is 228 g/mol. The first-order valence-electron chi connectivity index (χ1n) is 6.11. The quantitative estimate of drug-likeness (QED) is 0.826. The predicted octanol–water partition coefficient (Wildman–Crippen LogP) is 1.94. The molecule has 2 aromatic rings. The van der Waals surface area contributed by atoms with Crippen LogP contribution >= 0.6 is 0 Å². The van der Waals surface area contributed by atoms with Crippen molar-refractivity contribution in [3.05, 3.63) is 36.2 Å². The van der Waals surface area contributed by atoms with E-state index in [9.17, 15) is 0 Å². The molecule has 0 bridgehead atoms. The summed E-state index contributed by atoms with van der Waals surface area (Å²) in [7, 11) is 0. The Balaban J connectivity index is 1.88. The van der Waals surface area contributed by atoms with Crippen LogP contribution in [0.2, 0.25) is 0 Å². The minimum atomic E-state index is 0.548. The van der Waals surface area contributed by atoms with Crippen LogP contribution in [0.15, 0.2) is 30.5 Å². The molecule has 1 aliphatic heterocycles. The molecule has 0 spiro atoms. The molecule has 0 aliphatic carbocycles. The molecule has 0 saturated carbocycles. The fourth-order valence-electron chi connectivity index (χ4n) is 2.33. The van der Waals surface area contributed by atoms with E-state index in [0.717, 1.165) is 24.5 Å². The smallest absolute Gasteiger partial charge is 0.0883 e. The summed E-state index contributed by atoms with van der Waals surface area (Å²) in [5, 5.41) is 10.3. The van der Waals surface area contributed by atoms with Gasteiger partial charge in [0.25, 0.3) is 0 Å². The third-order valence-electron chi connectivity index (χ3n) is 3.26. The summed E-state index contributed by atoms with van der Waals surface area (Å²) in [6, 6.07) is 8.17. The van der Waals surface area contributed by atoms with Gasteiger partial charge < -0.3 is 5.32 Å². The first-order valence-corrected chi connectivity index (χ1v) is 6.11. The number of aromatic nitrogens is 3. The lowest BCUT2D eigenvalue weighted by Gasteiger charge is -2.22. The summed E-state index contributed by atoms with van der Waals surface area (Å²) < 4.78 is 0. The van der Waals surface area contributed by atoms with Gasteiger partial charge in [-0.2, -0.15) is 5.10 Å². The highest BCUT2D eigenvalue weighted by molar-refractivity contribution is 5.53. The standard InChI is InChI=1S/C13H16N4/c1-4-11(10-3-2-7-14-9-10)16-12(5-1)13-6-8-15-17-13/h1,4-6,8,10,14H,2-3,7,9H2,(H,15,17)/t10-/m1/s1. The predicted molar refractivity (Wildman–Crippen MR) is 66.7 cm³/mol. The normalized spacial score (nSPS) is 20.4. The van der Waals surface area contributed by atoms with Crippen LogP contribution in [-0.2, 0) is 0 Å². The summed E-state index contributed by atoms with van der Waals surface area (Å²) in [4.78, 5) is 4.73. The zero-order valence-corrected chi connectivity index (χ0v) is 9.69. The SMILES string of the molecule is c1cc(-c2ccn[nH]2)nc([C@@H]2CCCNC2)c1. The van der Waals surface area contributed by atoms with Crippen LogP contribution in [0.1, 0.15) is 24.5 Å². The highest BCUT2D eigenvalue weighted by atomic mass is 15.1. The molecule has 2 N–H and O–H groups in total. The summed E-state index contributed by atoms with van der Waals surface area (Å²) >= 11 is 0. The van der Waals surface area contributed by atoms with E-state index < -0.39 is 0 Å². The highest BCUT2D eigenvalue weighted by Crippen LogP contribution is 2.23. The number of pyridine rings is 1. The molecule has 1 aliphatic rings. The Morgan fingerprint density at radius 2 is 2.24 bits per heavy atom. The van der Waals surface area contributed by atoms with Crippen LogP contribution in [-0.4, -0.2) is 28.3 Å². The van der Waals surface area contributed by atoms with Crippen molar-refractivity contribution in [1.29, 1.82) is 0 Å². The third-order valence-corrected chi connectivity index (χ3v) is 3.26. The van der Waals surface area contributed by atoms with Crippen molar-refractivity contribution in [2.24, 2.45) is 0 Å². The average Bonchev–Trinajstić information content (AvgIpc) is 2.94. The molecule has 0 amide bonds. The maximum Gasteiger partial charge on any atom is 0.0883 e. The fraction of sp³-hybridized carbons (Fsp3) is 0.385. The fourth-order valence-corrected chi connectivity index (χ4v) is 2.33. The maximum atomic E-state index is 4.73. The van der Waals surface area contributed by atoms with E-state index in [1.807, 2.05) is 12.1 Å². The van der Waals surface area contributed by atoms with Gasteiger partial charge in [-0.25, -0.2) is 0 Å². The Hall–Kier alpha value is -1.68. The van der Waals surface area contributed by atoms with Gasteiger partial charge in [-0.15, -0.1) is 0 Å². The molecule has 3 heterocycles. The topological polar surface area (TPSA) is 53.6 Å². The number of nitrogens with zero attached hydrogens (tertiary/aromatic N) is 2. The summed E-state index contributed by atoms with van der Waals surface area (Å²) in [6.07, 6.45) is 4.22. The van der Waals surface area contributed by atoms with Gasteiger partial charge in [0.1, 0.15) is 0 Å². The monoisotopic (exact) mass is 228 g/mol. The van der Waals surface area contributed by atoms with Crippen molar-refractivity contribution >= 4 is 0 Å². The van der Waals surface area contributed by atoms with Gasteiger partial charge in [-0.3, -0.25) is 10.1 Å². The molecule has 0 unspecified atom stereocenters. The lowest BCUT2D eigenvalue weighted by atomic mass is 9.95. The van der Waals surface area contributed by atoms with E-state index in [1.54, 1.807) is 6.20 Å². The number of hydrogen-bond donors (Lipinski definition) is 2. The van der Waals surface area contributed by atoms with Crippen molar-refractivity contribution in [3.63, 3.8) is 0 Å². The number of piperidine rings is 1. The van der Waals surface area contributed by atoms with Crippen LogP contribution in [0.5, 0.6) is 0 Å². The van der Waals surface area contributed by atoms with Gasteiger partial charge in [0.05, 0.1) is 11.4 Å². The van der Waals surface area contributed by atoms with Crippen molar-refractivity contribution in [3.8, 4) is 11.4 Å². The Labute approximate surface area is 100 Å². The lowest BCUT2D eigenvalue weighted by Crippen LogP contribution is -2.28. The molecule has 1 saturated heterocycles. The van der Waals surface area contributed by atoms with E-state index in [2.05, 4.69) is 27.6 Å². The molecule has 0 radical (unpaired) electrons. The molecule has 4 nitrogen and oxygen atoms in total. The van der Waals surface area contributed by atoms with E-state index in [-0.39, 0.29) is 0 Å². The number of aromatic amines is 1. The zero-order chi connectivity index (χ0) is 11.5. The minimum absolute atomic E-state index is 0.548. The largest absolute Gasteiger partial charge is 0.316 e. The lowest BCUT2D eigenvalue weighted by molar-refractivity contribution is 0.455. The third kappa shape index (κ3) is 2.22. The molecule has 0 aromatic carbocycles. The van der Waals surface area contributed by atoms with Gasteiger partial charge in [0, 0.05) is 24.4 Å². The van der Waals surface area contributed by atoms with Gasteiger partial charge in [0.15, 0.2) is 0 Å². The molecule has 1 atom stereocenters. The number of hydrogen-bond acceptors (Lipinski definition) is 3. The molecular weight excluding hydrogens is 212 g/mol. The second-order valence-corrected chi connectivity index (χ2v) is 4.46. The highest BCUT2D eigenvalue weighted by Gasteiger charge is 2.16. The van der Waals surface area contributed by atoms with E-state index in [4.69, 9.17) is 4.98 Å². The minimum Gasteiger partial charge on any atom is -0.316 e. The second kappa shape index (κ2) is 4.67. The van der Waals surface area contributed by atoms with Crippen molar-refractivity contribution in [2.75, 3.05) is 13.1 Å². The summed E-state index contributed by atoms with van der Waals surface area (Å²) in [5.74, 6) is 0.548. The summed E-state index contributed by atoms with van der Waals surface area (Å²) in [6.45, 7) is 2.18. The van der Waals surface area contributed by atoms with Crippen LogP contribution in [0, 0.1) is 0 Å². The van der Waals surface area contributed by atoms with Crippen LogP contribution in [0.3, 0.4) is 0 Å². The number of nitrogens with one attached hydrogen (secondary N) is 2. The van der Waals surface area contributed by atoms with E-state index in [0.29, 0.717) is 5.92 Å². The Morgan fingerprint density at radius 1 is 1.24 bits per heavy atom. The molecule has 4 heteroatoms. The van der Waals surface area contributed by atoms with Gasteiger partial charge in [0.2, 0.25) is 0 Å².